The van der Waals surface area contributed by atoms with Crippen molar-refractivity contribution in [2.75, 3.05) is 20.7 Å². The van der Waals surface area contributed by atoms with Gasteiger partial charge in [-0.25, -0.2) is 4.98 Å². The van der Waals surface area contributed by atoms with Crippen molar-refractivity contribution in [2.45, 2.75) is 24.6 Å². The molecule has 0 bridgehead atoms. The minimum atomic E-state index is -0.319. The Kier molecular flexibility index (Phi) is 3.31. The summed E-state index contributed by atoms with van der Waals surface area (Å²) >= 11 is 0. The Hall–Kier alpha value is -1.73. The first kappa shape index (κ1) is 13.3. The Labute approximate surface area is 116 Å². The molecule has 7 heteroatoms. The van der Waals surface area contributed by atoms with Crippen molar-refractivity contribution < 1.29 is 9.53 Å². The van der Waals surface area contributed by atoms with E-state index in [4.69, 9.17) is 4.74 Å². The summed E-state index contributed by atoms with van der Waals surface area (Å²) in [6.07, 6.45) is 3.63. The second-order valence-electron chi connectivity index (χ2n) is 5.54. The number of carbonyl (C=O) groups excluding carboxylic acids is 1. The van der Waals surface area contributed by atoms with Crippen LogP contribution in [-0.4, -0.2) is 59.7 Å². The van der Waals surface area contributed by atoms with Crippen LogP contribution in [-0.2, 0) is 4.74 Å². The molecule has 1 amide bonds. The van der Waals surface area contributed by atoms with E-state index in [1.54, 1.807) is 0 Å². The smallest absolute Gasteiger partial charge is 0.271 e. The summed E-state index contributed by atoms with van der Waals surface area (Å²) in [5.74, 6) is 0.109. The lowest BCUT2D eigenvalue weighted by atomic mass is 9.71. The highest BCUT2D eigenvalue weighted by atomic mass is 16.5. The van der Waals surface area contributed by atoms with Gasteiger partial charge < -0.3 is 19.9 Å². The second kappa shape index (κ2) is 4.99. The maximum atomic E-state index is 12.2. The van der Waals surface area contributed by atoms with Gasteiger partial charge in [-0.3, -0.25) is 9.59 Å². The number of likely N-dealkylation sites (N-methyl/N-ethyl adjacent to an activating group) is 1. The van der Waals surface area contributed by atoms with Crippen molar-refractivity contribution in [3.8, 4) is 0 Å². The first-order valence-electron chi connectivity index (χ1n) is 6.71. The van der Waals surface area contributed by atoms with E-state index in [-0.39, 0.29) is 35.3 Å². The van der Waals surface area contributed by atoms with Crippen LogP contribution in [0.15, 0.2) is 17.2 Å². The van der Waals surface area contributed by atoms with Crippen LogP contribution >= 0.6 is 0 Å². The molecule has 4 atom stereocenters. The van der Waals surface area contributed by atoms with Gasteiger partial charge in [0.15, 0.2) is 0 Å². The predicted molar refractivity (Wildman–Crippen MR) is 71.4 cm³/mol. The lowest BCUT2D eigenvalue weighted by Crippen LogP contribution is -2.69. The number of rotatable bonds is 3. The van der Waals surface area contributed by atoms with Crippen LogP contribution < -0.4 is 10.9 Å². The molecular weight excluding hydrogens is 260 g/mol. The molecule has 0 spiro atoms. The van der Waals surface area contributed by atoms with Gasteiger partial charge in [0.05, 0.1) is 24.4 Å². The lowest BCUT2D eigenvalue weighted by Gasteiger charge is -2.50. The van der Waals surface area contributed by atoms with E-state index in [1.165, 1.54) is 6.20 Å². The quantitative estimate of drug-likeness (QED) is 0.757. The number of nitrogens with zero attached hydrogens (tertiary/aromatic N) is 2. The van der Waals surface area contributed by atoms with Crippen molar-refractivity contribution in [3.63, 3.8) is 0 Å². The lowest BCUT2D eigenvalue weighted by molar-refractivity contribution is -0.0664. The highest BCUT2D eigenvalue weighted by Crippen LogP contribution is 2.41. The Morgan fingerprint density at radius 1 is 1.55 bits per heavy atom. The molecule has 0 radical (unpaired) electrons. The van der Waals surface area contributed by atoms with Crippen molar-refractivity contribution in [3.05, 3.63) is 28.4 Å². The van der Waals surface area contributed by atoms with Crippen molar-refractivity contribution in [1.29, 1.82) is 0 Å². The normalized spacial score (nSPS) is 31.8. The third-order valence-corrected chi connectivity index (χ3v) is 4.15. The molecule has 2 heterocycles. The molecule has 0 aromatic carbocycles. The predicted octanol–water partition coefficient (Wildman–Crippen LogP) is -0.783. The fourth-order valence-electron chi connectivity index (χ4n) is 3.18. The van der Waals surface area contributed by atoms with Gasteiger partial charge in [0.25, 0.3) is 11.5 Å². The first-order chi connectivity index (χ1) is 9.58. The summed E-state index contributed by atoms with van der Waals surface area (Å²) in [6, 6.07) is 0.257. The molecule has 7 nitrogen and oxygen atoms in total. The van der Waals surface area contributed by atoms with E-state index in [9.17, 15) is 9.59 Å². The number of nitrogens with one attached hydrogen (secondary N) is 2. The molecule has 2 N–H and O–H groups in total. The van der Waals surface area contributed by atoms with Crippen LogP contribution in [0, 0.1) is 5.92 Å². The average molecular weight is 278 g/mol. The number of ether oxygens (including phenoxy) is 1. The summed E-state index contributed by atoms with van der Waals surface area (Å²) in [5.41, 5.74) is -0.0925. The number of aromatic nitrogens is 2. The summed E-state index contributed by atoms with van der Waals surface area (Å²) in [4.78, 5) is 31.5. The van der Waals surface area contributed by atoms with Crippen molar-refractivity contribution in [1.82, 2.24) is 20.2 Å². The highest BCUT2D eigenvalue weighted by Gasteiger charge is 2.55. The van der Waals surface area contributed by atoms with Gasteiger partial charge in [0, 0.05) is 18.7 Å². The molecule has 1 aromatic rings. The summed E-state index contributed by atoms with van der Waals surface area (Å²) in [6.45, 7) is 0.753. The topological polar surface area (TPSA) is 87.3 Å². The van der Waals surface area contributed by atoms with E-state index in [2.05, 4.69) is 20.2 Å². The highest BCUT2D eigenvalue weighted by molar-refractivity contribution is 5.92. The van der Waals surface area contributed by atoms with Crippen LogP contribution in [0.25, 0.3) is 0 Å². The Balaban J connectivity index is 1.72. The van der Waals surface area contributed by atoms with Gasteiger partial charge in [-0.15, -0.1) is 0 Å². The SMILES string of the molecule is CN(C)[C@@H]1[C@@H](NC(=O)c2c[nH]c(=O)cn2)[C@H]2CCO[C@H]21. The fraction of sp³-hybridized carbons (Fsp3) is 0.615. The van der Waals surface area contributed by atoms with E-state index >= 15 is 0 Å². The Bertz CT molecular complexity index is 550. The van der Waals surface area contributed by atoms with Crippen LogP contribution in [0.1, 0.15) is 16.9 Å². The number of fused-ring (bicyclic) bond motifs is 1. The number of H-pyrrole nitrogens is 1. The second-order valence-corrected chi connectivity index (χ2v) is 5.54. The van der Waals surface area contributed by atoms with Crippen LogP contribution in [0.2, 0.25) is 0 Å². The molecule has 0 unspecified atom stereocenters. The minimum absolute atomic E-state index is 0.0683. The van der Waals surface area contributed by atoms with Gasteiger partial charge in [0.2, 0.25) is 0 Å². The Morgan fingerprint density at radius 2 is 2.35 bits per heavy atom. The molecule has 1 aromatic heterocycles. The summed E-state index contributed by atoms with van der Waals surface area (Å²) < 4.78 is 5.70. The van der Waals surface area contributed by atoms with Crippen molar-refractivity contribution >= 4 is 5.91 Å². The summed E-state index contributed by atoms with van der Waals surface area (Å²) in [5, 5.41) is 3.01. The van der Waals surface area contributed by atoms with Crippen LogP contribution in [0.3, 0.4) is 0 Å². The molecule has 2 fully saturated rings. The van der Waals surface area contributed by atoms with Gasteiger partial charge >= 0.3 is 0 Å². The van der Waals surface area contributed by atoms with E-state index in [1.807, 2.05) is 14.1 Å². The number of carbonyl (C=O) groups is 1. The maximum absolute atomic E-state index is 12.2. The molecule has 3 rings (SSSR count). The fourth-order valence-corrected chi connectivity index (χ4v) is 3.18. The van der Waals surface area contributed by atoms with Gasteiger partial charge in [0.1, 0.15) is 5.69 Å². The third kappa shape index (κ3) is 2.12. The van der Waals surface area contributed by atoms with Gasteiger partial charge in [-0.2, -0.15) is 0 Å². The number of hydrogen-bond donors (Lipinski definition) is 2. The first-order valence-corrected chi connectivity index (χ1v) is 6.71. The molecule has 1 saturated heterocycles. The number of hydrogen-bond acceptors (Lipinski definition) is 5. The molecule has 20 heavy (non-hydrogen) atoms. The largest absolute Gasteiger partial charge is 0.376 e. The van der Waals surface area contributed by atoms with Crippen LogP contribution in [0.5, 0.6) is 0 Å². The molecular formula is C13H18N4O3. The third-order valence-electron chi connectivity index (χ3n) is 4.15. The maximum Gasteiger partial charge on any atom is 0.271 e. The molecule has 1 saturated carbocycles. The zero-order valence-electron chi connectivity index (χ0n) is 11.5. The molecule has 1 aliphatic heterocycles. The van der Waals surface area contributed by atoms with Crippen LogP contribution in [0.4, 0.5) is 0 Å². The minimum Gasteiger partial charge on any atom is -0.376 e. The zero-order chi connectivity index (χ0) is 14.3. The van der Waals surface area contributed by atoms with Crippen molar-refractivity contribution in [2.24, 2.45) is 5.92 Å². The zero-order valence-corrected chi connectivity index (χ0v) is 11.5. The van der Waals surface area contributed by atoms with E-state index in [0.717, 1.165) is 19.2 Å². The Morgan fingerprint density at radius 3 is 3.00 bits per heavy atom. The number of aromatic amines is 1. The average Bonchev–Trinajstić information content (AvgIpc) is 2.79. The molecule has 108 valence electrons. The standard InChI is InChI=1S/C13H18N4O3/c1-17(2)11-10(7-3-4-20-12(7)11)16-13(19)8-5-15-9(18)6-14-8/h5-7,10-12H,3-4H2,1-2H3,(H,15,18)(H,16,19)/t7-,10+,11-,12-/m1/s1. The van der Waals surface area contributed by atoms with Gasteiger partial charge in [-0.05, 0) is 20.5 Å². The van der Waals surface area contributed by atoms with E-state index < -0.39 is 0 Å². The molecule has 2 aliphatic rings. The molecule has 1 aliphatic carbocycles. The monoisotopic (exact) mass is 278 g/mol. The summed E-state index contributed by atoms with van der Waals surface area (Å²) in [7, 11) is 3.97. The van der Waals surface area contributed by atoms with Gasteiger partial charge in [-0.1, -0.05) is 0 Å². The number of amides is 1. The van der Waals surface area contributed by atoms with E-state index in [0.29, 0.717) is 5.92 Å².